The fourth-order valence-electron chi connectivity index (χ4n) is 3.99. The molecule has 1 amide bonds. The molecule has 1 aromatic rings. The van der Waals surface area contributed by atoms with E-state index in [1.54, 1.807) is 13.8 Å². The molecule has 2 aliphatic heterocycles. The number of carbonyl (C=O) groups is 2. The van der Waals surface area contributed by atoms with Crippen molar-refractivity contribution in [1.82, 2.24) is 8.61 Å². The summed E-state index contributed by atoms with van der Waals surface area (Å²) in [4.78, 5) is 22.9. The third-order valence-corrected chi connectivity index (χ3v) is 10.2. The number of amides is 1. The monoisotopic (exact) mass is 569 g/mol. The Kier molecular flexibility index (Phi) is 11.1. The molecular weight excluding hydrogens is 537 g/mol. The van der Waals surface area contributed by atoms with Crippen LogP contribution in [0.3, 0.4) is 0 Å². The van der Waals surface area contributed by atoms with Crippen LogP contribution in [0.15, 0.2) is 18.2 Å². The maximum Gasteiger partial charge on any atom is 0.307 e. The van der Waals surface area contributed by atoms with E-state index in [1.807, 2.05) is 0 Å². The van der Waals surface area contributed by atoms with Gasteiger partial charge in [0.15, 0.2) is 0 Å². The number of sulfonamides is 2. The molecule has 0 radical (unpaired) electrons. The van der Waals surface area contributed by atoms with Gasteiger partial charge in [0.05, 0.1) is 28.4 Å². The molecule has 36 heavy (non-hydrogen) atoms. The summed E-state index contributed by atoms with van der Waals surface area (Å²) in [5, 5.41) is 11.4. The van der Waals surface area contributed by atoms with Gasteiger partial charge in [0.1, 0.15) is 5.82 Å². The fraction of sp³-hybridized carbons (Fsp3) is 0.636. The average molecular weight is 570 g/mol. The number of carboxylic acid groups (broad SMARTS) is 1. The van der Waals surface area contributed by atoms with E-state index in [4.69, 9.17) is 16.7 Å². The maximum absolute atomic E-state index is 13.4. The maximum atomic E-state index is 13.4. The van der Waals surface area contributed by atoms with Gasteiger partial charge in [0.25, 0.3) is 0 Å². The van der Waals surface area contributed by atoms with E-state index >= 15 is 0 Å². The predicted octanol–water partition coefficient (Wildman–Crippen LogP) is 2.61. The zero-order valence-corrected chi connectivity index (χ0v) is 22.7. The van der Waals surface area contributed by atoms with Gasteiger partial charge in [-0.2, -0.15) is 0 Å². The summed E-state index contributed by atoms with van der Waals surface area (Å²) in [6.45, 7) is 4.34. The number of nitrogens with zero attached hydrogens (tertiary/aromatic N) is 2. The topological polar surface area (TPSA) is 141 Å². The van der Waals surface area contributed by atoms with Crippen molar-refractivity contribution in [1.29, 1.82) is 0 Å². The Bertz CT molecular complexity index is 1150. The summed E-state index contributed by atoms with van der Waals surface area (Å²) in [7, 11) is -6.51. The smallest absolute Gasteiger partial charge is 0.307 e. The molecule has 2 atom stereocenters. The number of piperidine rings is 2. The Morgan fingerprint density at radius 1 is 1.00 bits per heavy atom. The minimum atomic E-state index is -3.30. The van der Waals surface area contributed by atoms with E-state index in [-0.39, 0.29) is 35.5 Å². The lowest BCUT2D eigenvalue weighted by Gasteiger charge is -2.30. The third-order valence-electron chi connectivity index (χ3n) is 6.19. The SMILES string of the molecule is CCS(=O)(=O)N1CCC[C@H](C(=O)Nc2ccc(Cl)c(F)c2)C1.CCS(=O)(=O)N1CCC[C@H](C(=O)O)C1. The molecule has 0 spiro atoms. The number of rotatable bonds is 7. The molecule has 0 aromatic heterocycles. The van der Waals surface area contributed by atoms with E-state index in [0.29, 0.717) is 44.5 Å². The van der Waals surface area contributed by atoms with Gasteiger partial charge in [-0.1, -0.05) is 11.6 Å². The minimum Gasteiger partial charge on any atom is -0.481 e. The van der Waals surface area contributed by atoms with Crippen LogP contribution in [0.5, 0.6) is 0 Å². The number of halogens is 2. The van der Waals surface area contributed by atoms with Crippen molar-refractivity contribution in [2.45, 2.75) is 39.5 Å². The van der Waals surface area contributed by atoms with Crippen LogP contribution in [0.2, 0.25) is 5.02 Å². The summed E-state index contributed by atoms with van der Waals surface area (Å²) < 4.78 is 62.7. The quantitative estimate of drug-likeness (QED) is 0.514. The normalized spacial score (nSPS) is 21.8. The zero-order chi connectivity index (χ0) is 27.1. The van der Waals surface area contributed by atoms with E-state index < -0.39 is 43.7 Å². The molecule has 0 bridgehead atoms. The van der Waals surface area contributed by atoms with Crippen molar-refractivity contribution in [3.05, 3.63) is 29.0 Å². The summed E-state index contributed by atoms with van der Waals surface area (Å²) in [6.07, 6.45) is 2.45. The standard InChI is InChI=1S/C14H18ClFN2O3S.C8H15NO4S/c1-2-22(20,21)18-7-3-4-10(9-18)14(19)17-11-5-6-12(15)13(16)8-11;1-2-14(12,13)9-5-3-4-7(6-9)8(10)11/h5-6,8,10H,2-4,7,9H2,1H3,(H,17,19);7H,2-6H2,1H3,(H,10,11)/t10-;7-/m00/s1. The van der Waals surface area contributed by atoms with E-state index in [2.05, 4.69) is 5.32 Å². The molecule has 2 saturated heterocycles. The first kappa shape index (κ1) is 30.4. The van der Waals surface area contributed by atoms with Crippen LogP contribution >= 0.6 is 11.6 Å². The van der Waals surface area contributed by atoms with Gasteiger partial charge < -0.3 is 10.4 Å². The van der Waals surface area contributed by atoms with Gasteiger partial charge in [-0.15, -0.1) is 0 Å². The molecule has 0 unspecified atom stereocenters. The molecule has 2 heterocycles. The van der Waals surface area contributed by atoms with Crippen molar-refractivity contribution in [2.24, 2.45) is 11.8 Å². The molecule has 2 aliphatic rings. The number of nitrogens with one attached hydrogen (secondary N) is 1. The van der Waals surface area contributed by atoms with Crippen LogP contribution in [0.4, 0.5) is 10.1 Å². The summed E-state index contributed by atoms with van der Waals surface area (Å²) in [5.41, 5.74) is 0.308. The second kappa shape index (κ2) is 13.1. The average Bonchev–Trinajstić information content (AvgIpc) is 2.86. The Morgan fingerprint density at radius 2 is 1.50 bits per heavy atom. The van der Waals surface area contributed by atoms with Crippen molar-refractivity contribution in [2.75, 3.05) is 43.0 Å². The van der Waals surface area contributed by atoms with E-state index in [0.717, 1.165) is 6.07 Å². The van der Waals surface area contributed by atoms with Crippen molar-refractivity contribution < 1.29 is 35.9 Å². The number of benzene rings is 1. The molecule has 2 fully saturated rings. The Balaban J connectivity index is 0.000000281. The highest BCUT2D eigenvalue weighted by atomic mass is 35.5. The van der Waals surface area contributed by atoms with Crippen LogP contribution in [0.25, 0.3) is 0 Å². The van der Waals surface area contributed by atoms with E-state index in [9.17, 15) is 30.8 Å². The number of carbonyl (C=O) groups excluding carboxylic acids is 1. The summed E-state index contributed by atoms with van der Waals surface area (Å²) in [5.74, 6) is -2.74. The highest BCUT2D eigenvalue weighted by Crippen LogP contribution is 2.23. The van der Waals surface area contributed by atoms with Crippen molar-refractivity contribution in [3.63, 3.8) is 0 Å². The molecule has 14 heteroatoms. The first-order valence-corrected chi connectivity index (χ1v) is 15.3. The number of hydrogen-bond acceptors (Lipinski definition) is 6. The number of anilines is 1. The molecule has 3 rings (SSSR count). The highest BCUT2D eigenvalue weighted by molar-refractivity contribution is 7.89. The van der Waals surface area contributed by atoms with Gasteiger partial charge in [-0.05, 0) is 57.7 Å². The summed E-state index contributed by atoms with van der Waals surface area (Å²) >= 11 is 5.59. The zero-order valence-electron chi connectivity index (χ0n) is 20.3. The Labute approximate surface area is 216 Å². The molecule has 2 N–H and O–H groups in total. The van der Waals surface area contributed by atoms with Crippen LogP contribution in [-0.2, 0) is 29.6 Å². The van der Waals surface area contributed by atoms with Crippen molar-refractivity contribution in [3.8, 4) is 0 Å². The highest BCUT2D eigenvalue weighted by Gasteiger charge is 2.32. The molecular formula is C22H33ClFN3O7S2. The minimum absolute atomic E-state index is 0.0176. The lowest BCUT2D eigenvalue weighted by Crippen LogP contribution is -2.44. The largest absolute Gasteiger partial charge is 0.481 e. The molecule has 0 aliphatic carbocycles. The molecule has 204 valence electrons. The van der Waals surface area contributed by atoms with Crippen LogP contribution in [0.1, 0.15) is 39.5 Å². The van der Waals surface area contributed by atoms with Crippen LogP contribution < -0.4 is 5.32 Å². The molecule has 10 nitrogen and oxygen atoms in total. The molecule has 0 saturated carbocycles. The summed E-state index contributed by atoms with van der Waals surface area (Å²) in [6, 6.07) is 4.01. The van der Waals surface area contributed by atoms with E-state index in [1.165, 1.54) is 20.7 Å². The second-order valence-electron chi connectivity index (χ2n) is 8.65. The first-order chi connectivity index (χ1) is 16.8. The third kappa shape index (κ3) is 8.37. The van der Waals surface area contributed by atoms with Crippen LogP contribution in [0, 0.1) is 17.7 Å². The van der Waals surface area contributed by atoms with Gasteiger partial charge >= 0.3 is 5.97 Å². The number of hydrogen-bond donors (Lipinski definition) is 2. The van der Waals surface area contributed by atoms with Gasteiger partial charge in [0, 0.05) is 31.9 Å². The lowest BCUT2D eigenvalue weighted by molar-refractivity contribution is -0.142. The molecule has 1 aromatic carbocycles. The Hall–Kier alpha value is -1.80. The van der Waals surface area contributed by atoms with Crippen molar-refractivity contribution >= 4 is 49.2 Å². The fourth-order valence-corrected chi connectivity index (χ4v) is 6.47. The second-order valence-corrected chi connectivity index (χ2v) is 13.6. The Morgan fingerprint density at radius 3 is 1.97 bits per heavy atom. The van der Waals surface area contributed by atoms with Gasteiger partial charge in [-0.25, -0.2) is 29.8 Å². The lowest BCUT2D eigenvalue weighted by atomic mass is 9.99. The van der Waals surface area contributed by atoms with Crippen LogP contribution in [-0.4, -0.2) is 80.1 Å². The first-order valence-electron chi connectivity index (χ1n) is 11.7. The number of carboxylic acids is 1. The van der Waals surface area contributed by atoms with Gasteiger partial charge in [-0.3, -0.25) is 9.59 Å². The number of aliphatic carboxylic acids is 1. The van der Waals surface area contributed by atoms with Gasteiger partial charge in [0.2, 0.25) is 26.0 Å². The predicted molar refractivity (Wildman–Crippen MR) is 135 cm³/mol.